The lowest BCUT2D eigenvalue weighted by atomic mass is 9.96. The topological polar surface area (TPSA) is 62.8 Å². The van der Waals surface area contributed by atoms with Gasteiger partial charge in [0.2, 0.25) is 0 Å². The lowest BCUT2D eigenvalue weighted by Gasteiger charge is -2.23. The molecule has 0 saturated heterocycles. The highest BCUT2D eigenvalue weighted by Crippen LogP contribution is 2.39. The monoisotopic (exact) mass is 578 g/mol. The summed E-state index contributed by atoms with van der Waals surface area (Å²) >= 11 is 0. The zero-order valence-electron chi connectivity index (χ0n) is 24.2. The van der Waals surface area contributed by atoms with Crippen molar-refractivity contribution in [2.45, 2.75) is 6.17 Å². The first-order valence-corrected chi connectivity index (χ1v) is 15.0. The Morgan fingerprint density at radius 1 is 0.556 bits per heavy atom. The third-order valence-electron chi connectivity index (χ3n) is 8.59. The van der Waals surface area contributed by atoms with Crippen LogP contribution in [0.15, 0.2) is 160 Å². The van der Waals surface area contributed by atoms with Crippen LogP contribution in [0.4, 0.5) is 0 Å². The molecule has 1 aliphatic rings. The second kappa shape index (κ2) is 10.3. The van der Waals surface area contributed by atoms with Gasteiger partial charge in [-0.2, -0.15) is 0 Å². The summed E-state index contributed by atoms with van der Waals surface area (Å²) in [6.45, 7) is 0. The minimum absolute atomic E-state index is 0.424. The van der Waals surface area contributed by atoms with E-state index >= 15 is 0 Å². The molecular weight excluding hydrogens is 552 g/mol. The Kier molecular flexibility index (Phi) is 5.81. The van der Waals surface area contributed by atoms with Gasteiger partial charge < -0.3 is 9.73 Å². The third-order valence-corrected chi connectivity index (χ3v) is 8.59. The highest BCUT2D eigenvalue weighted by Gasteiger charge is 2.25. The summed E-state index contributed by atoms with van der Waals surface area (Å²) in [7, 11) is 0. The SMILES string of the molecule is c1ccc(C2=NC(c3ccc4ccccc4c3)N=C(c3ccc(-c4ccc5ccccc5c4)c4oc5ccncc5c34)N2)cc1. The van der Waals surface area contributed by atoms with E-state index in [0.717, 1.165) is 66.8 Å². The first-order valence-electron chi connectivity index (χ1n) is 15.0. The van der Waals surface area contributed by atoms with Crippen LogP contribution in [0.3, 0.4) is 0 Å². The maximum Gasteiger partial charge on any atom is 0.169 e. The summed E-state index contributed by atoms with van der Waals surface area (Å²) < 4.78 is 6.60. The lowest BCUT2D eigenvalue weighted by molar-refractivity contribution is 0.669. The predicted molar refractivity (Wildman–Crippen MR) is 184 cm³/mol. The number of hydrogen-bond donors (Lipinski definition) is 1. The molecule has 0 amide bonds. The lowest BCUT2D eigenvalue weighted by Crippen LogP contribution is -2.36. The number of rotatable bonds is 4. The van der Waals surface area contributed by atoms with Crippen LogP contribution in [0.2, 0.25) is 0 Å². The van der Waals surface area contributed by atoms with Gasteiger partial charge in [-0.1, -0.05) is 103 Å². The van der Waals surface area contributed by atoms with Crippen LogP contribution >= 0.6 is 0 Å². The highest BCUT2D eigenvalue weighted by molar-refractivity contribution is 6.25. The molecule has 3 heterocycles. The Balaban J connectivity index is 1.25. The Bertz CT molecular complexity index is 2470. The van der Waals surface area contributed by atoms with Crippen molar-refractivity contribution >= 4 is 55.2 Å². The van der Waals surface area contributed by atoms with E-state index in [2.05, 4.69) is 119 Å². The van der Waals surface area contributed by atoms with Crippen molar-refractivity contribution in [3.05, 3.63) is 163 Å². The number of furan rings is 1. The molecule has 6 aromatic carbocycles. The molecule has 8 aromatic rings. The first-order chi connectivity index (χ1) is 22.3. The number of pyridine rings is 1. The molecule has 9 rings (SSSR count). The average Bonchev–Trinajstić information content (AvgIpc) is 3.51. The van der Waals surface area contributed by atoms with Gasteiger partial charge in [-0.05, 0) is 63.0 Å². The predicted octanol–water partition coefficient (Wildman–Crippen LogP) is 9.45. The molecule has 0 aliphatic carbocycles. The molecule has 2 aromatic heterocycles. The van der Waals surface area contributed by atoms with E-state index in [9.17, 15) is 0 Å². The molecule has 0 radical (unpaired) electrons. The van der Waals surface area contributed by atoms with E-state index < -0.39 is 6.17 Å². The molecule has 0 bridgehead atoms. The van der Waals surface area contributed by atoms with Crippen LogP contribution in [-0.2, 0) is 0 Å². The fourth-order valence-electron chi connectivity index (χ4n) is 6.35. The van der Waals surface area contributed by atoms with E-state index in [-0.39, 0.29) is 0 Å². The molecule has 45 heavy (non-hydrogen) atoms. The van der Waals surface area contributed by atoms with Gasteiger partial charge in [-0.3, -0.25) is 4.98 Å². The minimum Gasteiger partial charge on any atom is -0.455 e. The van der Waals surface area contributed by atoms with Crippen LogP contribution in [0.1, 0.15) is 22.9 Å². The zero-order chi connectivity index (χ0) is 29.7. The number of aliphatic imine (C=N–C) groups is 2. The minimum atomic E-state index is -0.424. The summed E-state index contributed by atoms with van der Waals surface area (Å²) in [6.07, 6.45) is 3.23. The van der Waals surface area contributed by atoms with Gasteiger partial charge in [0.25, 0.3) is 0 Å². The fraction of sp³-hybridized carbons (Fsp3) is 0.0250. The van der Waals surface area contributed by atoms with Gasteiger partial charge in [0.15, 0.2) is 6.17 Å². The standard InChI is InChI=1S/C40H26N4O/c1-2-10-27(11-3-1)38-42-39(31-17-15-26-9-5-7-13-29(26)23-31)44-40(43-38)33-19-18-32(30-16-14-25-8-4-6-12-28(25)22-30)37-36(33)34-24-41-21-20-35(34)45-37/h1-24,39H,(H,42,43,44). The molecule has 1 atom stereocenters. The first kappa shape index (κ1) is 25.4. The molecule has 212 valence electrons. The largest absolute Gasteiger partial charge is 0.455 e. The van der Waals surface area contributed by atoms with Gasteiger partial charge >= 0.3 is 0 Å². The zero-order valence-corrected chi connectivity index (χ0v) is 24.2. The summed E-state index contributed by atoms with van der Waals surface area (Å²) in [5.74, 6) is 1.51. The molecule has 0 spiro atoms. The highest BCUT2D eigenvalue weighted by atomic mass is 16.3. The van der Waals surface area contributed by atoms with Crippen LogP contribution < -0.4 is 5.32 Å². The van der Waals surface area contributed by atoms with Crippen molar-refractivity contribution in [2.24, 2.45) is 9.98 Å². The van der Waals surface area contributed by atoms with E-state index in [1.54, 1.807) is 6.20 Å². The van der Waals surface area contributed by atoms with Gasteiger partial charge in [-0.25, -0.2) is 9.98 Å². The number of benzene rings is 6. The van der Waals surface area contributed by atoms with Crippen molar-refractivity contribution in [1.82, 2.24) is 10.3 Å². The number of nitrogens with one attached hydrogen (secondary N) is 1. The second-order valence-corrected chi connectivity index (χ2v) is 11.3. The van der Waals surface area contributed by atoms with Crippen molar-refractivity contribution < 1.29 is 4.42 Å². The maximum atomic E-state index is 6.60. The summed E-state index contributed by atoms with van der Waals surface area (Å²) in [4.78, 5) is 14.8. The smallest absolute Gasteiger partial charge is 0.169 e. The van der Waals surface area contributed by atoms with E-state index in [1.165, 1.54) is 16.2 Å². The number of aromatic nitrogens is 1. The molecule has 5 heteroatoms. The number of amidine groups is 2. The summed E-state index contributed by atoms with van der Waals surface area (Å²) in [5, 5.41) is 10.3. The second-order valence-electron chi connectivity index (χ2n) is 11.3. The molecule has 0 saturated carbocycles. The van der Waals surface area contributed by atoms with Gasteiger partial charge in [0, 0.05) is 39.9 Å². The van der Waals surface area contributed by atoms with Crippen LogP contribution in [0.25, 0.3) is 54.6 Å². The van der Waals surface area contributed by atoms with E-state index in [4.69, 9.17) is 14.4 Å². The maximum absolute atomic E-state index is 6.60. The third kappa shape index (κ3) is 4.36. The van der Waals surface area contributed by atoms with Gasteiger partial charge in [0.1, 0.15) is 22.8 Å². The van der Waals surface area contributed by atoms with Crippen molar-refractivity contribution in [3.8, 4) is 11.1 Å². The Hall–Kier alpha value is -6.07. The van der Waals surface area contributed by atoms with E-state index in [0.29, 0.717) is 0 Å². The Labute approximate surface area is 259 Å². The molecule has 1 N–H and O–H groups in total. The normalized spacial score (nSPS) is 14.9. The number of nitrogens with zero attached hydrogens (tertiary/aromatic N) is 3. The molecule has 1 unspecified atom stereocenters. The van der Waals surface area contributed by atoms with Crippen LogP contribution in [0.5, 0.6) is 0 Å². The van der Waals surface area contributed by atoms with Gasteiger partial charge in [-0.15, -0.1) is 0 Å². The van der Waals surface area contributed by atoms with Crippen molar-refractivity contribution in [1.29, 1.82) is 0 Å². The quantitative estimate of drug-likeness (QED) is 0.226. The fourth-order valence-corrected chi connectivity index (χ4v) is 6.35. The molecule has 1 aliphatic heterocycles. The molecule has 0 fully saturated rings. The number of fused-ring (bicyclic) bond motifs is 5. The Morgan fingerprint density at radius 2 is 1.24 bits per heavy atom. The molecular formula is C40H26N4O. The average molecular weight is 579 g/mol. The van der Waals surface area contributed by atoms with Crippen LogP contribution in [-0.4, -0.2) is 16.7 Å². The Morgan fingerprint density at radius 3 is 2.07 bits per heavy atom. The molecule has 5 nitrogen and oxygen atoms in total. The van der Waals surface area contributed by atoms with Crippen LogP contribution in [0, 0.1) is 0 Å². The van der Waals surface area contributed by atoms with E-state index in [1.807, 2.05) is 30.5 Å². The summed E-state index contributed by atoms with van der Waals surface area (Å²) in [5.41, 5.74) is 6.68. The van der Waals surface area contributed by atoms with Crippen molar-refractivity contribution in [3.63, 3.8) is 0 Å². The summed E-state index contributed by atoms with van der Waals surface area (Å²) in [6, 6.07) is 46.2. The van der Waals surface area contributed by atoms with Crippen molar-refractivity contribution in [2.75, 3.05) is 0 Å². The van der Waals surface area contributed by atoms with Gasteiger partial charge in [0.05, 0.1) is 0 Å². The number of hydrogen-bond acceptors (Lipinski definition) is 5.